The van der Waals surface area contributed by atoms with Crippen molar-refractivity contribution < 1.29 is 57.2 Å². The molecule has 18 nitrogen and oxygen atoms in total. The average molecular weight is 845 g/mol. The summed E-state index contributed by atoms with van der Waals surface area (Å²) in [4.78, 5) is 78.2. The monoisotopic (exact) mass is 844 g/mol. The van der Waals surface area contributed by atoms with Gasteiger partial charge in [-0.05, 0) is 119 Å². The molecule has 18 heteroatoms. The van der Waals surface area contributed by atoms with Crippen LogP contribution in [0.2, 0.25) is 0 Å². The van der Waals surface area contributed by atoms with Crippen LogP contribution in [0, 0.1) is 0 Å². The molecule has 0 aromatic heterocycles. The Balaban J connectivity index is 0.000000407. The molecule has 0 spiro atoms. The lowest BCUT2D eigenvalue weighted by molar-refractivity contribution is -0.121. The fourth-order valence-electron chi connectivity index (χ4n) is 5.24. The number of nitrogens with zero attached hydrogens (tertiary/aromatic N) is 3. The van der Waals surface area contributed by atoms with Crippen LogP contribution in [-0.2, 0) is 28.5 Å². The molecule has 0 unspecified atom stereocenters. The summed E-state index contributed by atoms with van der Waals surface area (Å²) in [5.41, 5.74) is -0.729. The summed E-state index contributed by atoms with van der Waals surface area (Å²) in [5, 5.41) is 7.71. The third-order valence-electron chi connectivity index (χ3n) is 7.77. The number of hydrogen-bond acceptors (Lipinski definition) is 12. The Hall–Kier alpha value is -5.94. The number of fused-ring (bicyclic) bond motifs is 2. The molecule has 0 saturated carbocycles. The van der Waals surface area contributed by atoms with Gasteiger partial charge in [0.2, 0.25) is 0 Å². The highest BCUT2D eigenvalue weighted by atomic mass is 16.6. The van der Waals surface area contributed by atoms with Gasteiger partial charge in [0.25, 0.3) is 11.8 Å². The molecule has 3 N–H and O–H groups in total. The number of ether oxygens (including phenoxy) is 6. The molecule has 2 atom stereocenters. The maximum atomic E-state index is 12.9. The molecule has 2 aromatic carbocycles. The Morgan fingerprint density at radius 1 is 0.617 bits per heavy atom. The van der Waals surface area contributed by atoms with E-state index in [2.05, 4.69) is 16.0 Å². The van der Waals surface area contributed by atoms with Crippen LogP contribution in [0.25, 0.3) is 0 Å². The van der Waals surface area contributed by atoms with Crippen molar-refractivity contribution >= 4 is 58.9 Å². The van der Waals surface area contributed by atoms with Crippen LogP contribution in [0.3, 0.4) is 0 Å². The van der Waals surface area contributed by atoms with Gasteiger partial charge in [0.05, 0.1) is 11.4 Å². The molecule has 2 aromatic rings. The smallest absolute Gasteiger partial charge is 0.414 e. The van der Waals surface area contributed by atoms with Gasteiger partial charge in [0, 0.05) is 32.5 Å². The zero-order chi connectivity index (χ0) is 44.8. The van der Waals surface area contributed by atoms with E-state index < -0.39 is 58.9 Å². The second kappa shape index (κ2) is 19.4. The lowest BCUT2D eigenvalue weighted by Gasteiger charge is -2.26. The molecule has 0 fully saturated rings. The molecule has 334 valence electrons. The van der Waals surface area contributed by atoms with Crippen LogP contribution >= 0.6 is 0 Å². The second-order valence-corrected chi connectivity index (χ2v) is 17.8. The normalized spacial score (nSPS) is 16.5. The number of benzene rings is 2. The van der Waals surface area contributed by atoms with Gasteiger partial charge in [-0.25, -0.2) is 19.2 Å². The zero-order valence-corrected chi connectivity index (χ0v) is 36.8. The van der Waals surface area contributed by atoms with Crippen LogP contribution in [0.15, 0.2) is 36.4 Å². The van der Waals surface area contributed by atoms with E-state index in [0.717, 1.165) is 0 Å². The quantitative estimate of drug-likeness (QED) is 0.261. The van der Waals surface area contributed by atoms with Gasteiger partial charge in [-0.1, -0.05) is 7.43 Å². The minimum atomic E-state index is -0.913. The standard InChI is InChI=1S/C21H31N3O6.C20H29N3O6.CH4/c1-20(2,3)29-18(26)22-14-12-28-16-10-9-13(11-15(16)24(8)17(14)25)23(7)19(27)30-21(4,5)6;1-19(2,3)28-17(25)21-12-8-9-15-14(10-12)23(7)16(24)13(11-27-15)22-18(26)29-20(4,5)6;/h9-11,14H,12H2,1-8H3,(H,22,26);8-10,13H,11H2,1-7H3,(H,21,25)(H,22,26);1H4/t14-;13-;/m00./s1. The highest BCUT2D eigenvalue weighted by Crippen LogP contribution is 2.35. The van der Waals surface area contributed by atoms with E-state index >= 15 is 0 Å². The molecule has 6 amide bonds. The third kappa shape index (κ3) is 15.3. The summed E-state index contributed by atoms with van der Waals surface area (Å²) < 4.78 is 32.5. The highest BCUT2D eigenvalue weighted by Gasteiger charge is 2.34. The minimum Gasteiger partial charge on any atom is -0.489 e. The van der Waals surface area contributed by atoms with Gasteiger partial charge < -0.3 is 48.9 Å². The molecular weight excluding hydrogens is 780 g/mol. The molecule has 0 aliphatic carbocycles. The average Bonchev–Trinajstić information content (AvgIpc) is 3.25. The summed E-state index contributed by atoms with van der Waals surface area (Å²) >= 11 is 0. The van der Waals surface area contributed by atoms with Crippen LogP contribution in [0.4, 0.5) is 41.9 Å². The Kier molecular flexibility index (Phi) is 16.2. The van der Waals surface area contributed by atoms with Crippen LogP contribution < -0.4 is 40.1 Å². The number of nitrogens with one attached hydrogen (secondary N) is 3. The molecule has 4 rings (SSSR count). The Morgan fingerprint density at radius 3 is 1.42 bits per heavy atom. The molecule has 2 aliphatic rings. The van der Waals surface area contributed by atoms with Gasteiger partial charge in [-0.3, -0.25) is 19.8 Å². The van der Waals surface area contributed by atoms with Gasteiger partial charge >= 0.3 is 24.4 Å². The summed E-state index contributed by atoms with van der Waals surface area (Å²) in [6.45, 7) is 21.0. The first kappa shape index (κ1) is 50.2. The van der Waals surface area contributed by atoms with E-state index in [0.29, 0.717) is 34.2 Å². The van der Waals surface area contributed by atoms with Gasteiger partial charge in [0.15, 0.2) is 0 Å². The number of rotatable bonds is 4. The van der Waals surface area contributed by atoms with Crippen molar-refractivity contribution in [2.75, 3.05) is 54.4 Å². The predicted octanol–water partition coefficient (Wildman–Crippen LogP) is 7.22. The predicted molar refractivity (Wildman–Crippen MR) is 228 cm³/mol. The van der Waals surface area contributed by atoms with E-state index in [1.807, 2.05) is 0 Å². The summed E-state index contributed by atoms with van der Waals surface area (Å²) in [6.07, 6.45) is -2.53. The second-order valence-electron chi connectivity index (χ2n) is 17.8. The molecule has 2 heterocycles. The Morgan fingerprint density at radius 2 is 1.00 bits per heavy atom. The number of anilines is 4. The van der Waals surface area contributed by atoms with Gasteiger partial charge in [-0.2, -0.15) is 0 Å². The molecule has 2 aliphatic heterocycles. The van der Waals surface area contributed by atoms with Gasteiger partial charge in [0.1, 0.15) is 59.2 Å². The maximum absolute atomic E-state index is 12.9. The largest absolute Gasteiger partial charge is 0.489 e. The lowest BCUT2D eigenvalue weighted by atomic mass is 10.2. The van der Waals surface area contributed by atoms with E-state index in [-0.39, 0.29) is 32.5 Å². The molecule has 60 heavy (non-hydrogen) atoms. The summed E-state index contributed by atoms with van der Waals surface area (Å²) in [5.74, 6) is 0.172. The first-order valence-electron chi connectivity index (χ1n) is 19.0. The number of amides is 6. The molecule has 0 radical (unpaired) electrons. The summed E-state index contributed by atoms with van der Waals surface area (Å²) in [7, 11) is 4.73. The third-order valence-corrected chi connectivity index (χ3v) is 7.77. The van der Waals surface area contributed by atoms with E-state index in [9.17, 15) is 28.8 Å². The number of likely N-dealkylation sites (N-methyl/N-ethyl adjacent to an activating group) is 2. The molecular formula is C42H64N6O12. The SMILES string of the molecule is C.CN(C(=O)OC(C)(C)C)c1ccc2c(c1)N(C)C(=O)[C@@H](NC(=O)OC(C)(C)C)CO2.CN1C(=O)[C@@H](NC(=O)OC(C)(C)C)COc2ccc(NC(=O)OC(C)(C)C)cc21. The molecule has 0 saturated heterocycles. The van der Waals surface area contributed by atoms with Crippen molar-refractivity contribution in [1.29, 1.82) is 0 Å². The summed E-state index contributed by atoms with van der Waals surface area (Å²) in [6, 6.07) is 8.09. The lowest BCUT2D eigenvalue weighted by Crippen LogP contribution is -2.50. The number of carbonyl (C=O) groups excluding carboxylic acids is 6. The first-order valence-corrected chi connectivity index (χ1v) is 19.0. The molecule has 0 bridgehead atoms. The van der Waals surface area contributed by atoms with E-state index in [1.54, 1.807) is 141 Å². The van der Waals surface area contributed by atoms with Crippen LogP contribution in [-0.4, -0.2) is 105 Å². The van der Waals surface area contributed by atoms with Crippen molar-refractivity contribution in [3.63, 3.8) is 0 Å². The first-order chi connectivity index (χ1) is 26.9. The maximum Gasteiger partial charge on any atom is 0.414 e. The van der Waals surface area contributed by atoms with Crippen molar-refractivity contribution in [2.24, 2.45) is 0 Å². The van der Waals surface area contributed by atoms with Crippen molar-refractivity contribution in [2.45, 2.75) is 125 Å². The van der Waals surface area contributed by atoms with Gasteiger partial charge in [-0.15, -0.1) is 0 Å². The van der Waals surface area contributed by atoms with Crippen LogP contribution in [0.5, 0.6) is 11.5 Å². The highest BCUT2D eigenvalue weighted by molar-refractivity contribution is 6.02. The Labute approximate surface area is 353 Å². The topological polar surface area (TPSA) is 204 Å². The fourth-order valence-corrected chi connectivity index (χ4v) is 5.24. The number of carbonyl (C=O) groups is 6. The number of hydrogen-bond donors (Lipinski definition) is 3. The minimum absolute atomic E-state index is 0. The van der Waals surface area contributed by atoms with Crippen molar-refractivity contribution in [3.8, 4) is 11.5 Å². The fraction of sp³-hybridized carbons (Fsp3) is 0.571. The van der Waals surface area contributed by atoms with Crippen molar-refractivity contribution in [3.05, 3.63) is 36.4 Å². The van der Waals surface area contributed by atoms with E-state index in [4.69, 9.17) is 28.4 Å². The number of alkyl carbamates (subject to hydrolysis) is 2. The zero-order valence-electron chi connectivity index (χ0n) is 36.8. The Bertz CT molecular complexity index is 1890. The van der Waals surface area contributed by atoms with E-state index in [1.165, 1.54) is 14.7 Å². The van der Waals surface area contributed by atoms with Crippen LogP contribution in [0.1, 0.15) is 90.5 Å². The van der Waals surface area contributed by atoms with Crippen molar-refractivity contribution in [1.82, 2.24) is 10.6 Å².